The second kappa shape index (κ2) is 6.96. The molecule has 0 radical (unpaired) electrons. The molecule has 1 aromatic carbocycles. The number of aryl methyl sites for hydroxylation is 1. The summed E-state index contributed by atoms with van der Waals surface area (Å²) in [6.07, 6.45) is 2.91. The van der Waals surface area contributed by atoms with Gasteiger partial charge < -0.3 is 15.1 Å². The number of carbonyl (C=O) groups excluding carboxylic acids is 1. The van der Waals surface area contributed by atoms with E-state index in [2.05, 4.69) is 0 Å². The molecule has 0 spiro atoms. The number of carbonyl (C=O) groups is 1. The zero-order chi connectivity index (χ0) is 16.2. The zero-order valence-corrected chi connectivity index (χ0v) is 13.0. The third-order valence-corrected chi connectivity index (χ3v) is 4.36. The molecule has 1 aliphatic heterocycles. The topological polar surface area (TPSA) is 59.5 Å². The molecule has 0 bridgehead atoms. The molecular formula is C18H21FN2O2. The number of benzene rings is 1. The maximum absolute atomic E-state index is 13.8. The Bertz CT molecular complexity index is 683. The van der Waals surface area contributed by atoms with E-state index in [0.29, 0.717) is 36.5 Å². The highest BCUT2D eigenvalue weighted by molar-refractivity contribution is 5.77. The molecular weight excluding hydrogens is 295 g/mol. The molecule has 2 heterocycles. The van der Waals surface area contributed by atoms with Gasteiger partial charge in [0, 0.05) is 32.0 Å². The Kier molecular flexibility index (Phi) is 4.76. The lowest BCUT2D eigenvalue weighted by Crippen LogP contribution is -2.39. The van der Waals surface area contributed by atoms with Crippen molar-refractivity contribution in [3.8, 4) is 11.3 Å². The number of hydrogen-bond donors (Lipinski definition) is 1. The maximum Gasteiger partial charge on any atom is 0.223 e. The Morgan fingerprint density at radius 2 is 2.13 bits per heavy atom. The third kappa shape index (κ3) is 3.45. The molecule has 1 amide bonds. The molecule has 2 aromatic rings. The molecule has 1 aliphatic rings. The Balaban J connectivity index is 1.61. The second-order valence-corrected chi connectivity index (χ2v) is 5.86. The maximum atomic E-state index is 13.8. The first-order valence-corrected chi connectivity index (χ1v) is 8.02. The fourth-order valence-corrected chi connectivity index (χ4v) is 3.10. The lowest BCUT2D eigenvalue weighted by atomic mass is 10.1. The van der Waals surface area contributed by atoms with Gasteiger partial charge in [-0.05, 0) is 37.1 Å². The van der Waals surface area contributed by atoms with Crippen LogP contribution in [-0.4, -0.2) is 29.9 Å². The summed E-state index contributed by atoms with van der Waals surface area (Å²) in [5.74, 6) is 0.987. The van der Waals surface area contributed by atoms with Gasteiger partial charge in [0.05, 0.1) is 5.56 Å². The van der Waals surface area contributed by atoms with Crippen molar-refractivity contribution in [1.82, 2.24) is 4.90 Å². The quantitative estimate of drug-likeness (QED) is 0.922. The number of halogens is 1. The Hall–Kier alpha value is -2.14. The highest BCUT2D eigenvalue weighted by Gasteiger charge is 2.27. The Morgan fingerprint density at radius 1 is 1.30 bits per heavy atom. The molecule has 0 aliphatic carbocycles. The fourth-order valence-electron chi connectivity index (χ4n) is 3.10. The minimum absolute atomic E-state index is 0.113. The van der Waals surface area contributed by atoms with Crippen molar-refractivity contribution < 1.29 is 13.6 Å². The average molecular weight is 316 g/mol. The summed E-state index contributed by atoms with van der Waals surface area (Å²) in [5, 5.41) is 0. The zero-order valence-electron chi connectivity index (χ0n) is 13.0. The molecule has 2 N–H and O–H groups in total. The van der Waals surface area contributed by atoms with Gasteiger partial charge in [0.25, 0.3) is 0 Å². The highest BCUT2D eigenvalue weighted by Crippen LogP contribution is 2.25. The fraction of sp³-hybridized carbons (Fsp3) is 0.389. The molecule has 3 rings (SSSR count). The van der Waals surface area contributed by atoms with E-state index >= 15 is 0 Å². The van der Waals surface area contributed by atoms with Gasteiger partial charge in [-0.15, -0.1) is 0 Å². The van der Waals surface area contributed by atoms with Crippen LogP contribution in [0, 0.1) is 5.82 Å². The van der Waals surface area contributed by atoms with E-state index in [1.807, 2.05) is 4.90 Å². The first-order valence-electron chi connectivity index (χ1n) is 8.02. The second-order valence-electron chi connectivity index (χ2n) is 5.86. The van der Waals surface area contributed by atoms with Crippen molar-refractivity contribution in [2.45, 2.75) is 31.7 Å². The van der Waals surface area contributed by atoms with Crippen LogP contribution in [0.15, 0.2) is 40.8 Å². The summed E-state index contributed by atoms with van der Waals surface area (Å²) in [5.41, 5.74) is 6.14. The molecule has 4 nitrogen and oxygen atoms in total. The standard InChI is InChI=1S/C18H21FN2O2/c19-16-6-2-1-5-15(16)17-9-7-14(23-17)8-10-18(22)21-11-3-4-13(21)12-20/h1-2,5-7,9,13H,3-4,8,10-12,20H2. The summed E-state index contributed by atoms with van der Waals surface area (Å²) in [4.78, 5) is 14.2. The van der Waals surface area contributed by atoms with Crippen LogP contribution in [0.3, 0.4) is 0 Å². The van der Waals surface area contributed by atoms with Crippen LogP contribution < -0.4 is 5.73 Å². The van der Waals surface area contributed by atoms with E-state index in [-0.39, 0.29) is 17.8 Å². The van der Waals surface area contributed by atoms with Crippen molar-refractivity contribution in [2.75, 3.05) is 13.1 Å². The van der Waals surface area contributed by atoms with Crippen molar-refractivity contribution in [3.63, 3.8) is 0 Å². The van der Waals surface area contributed by atoms with E-state index in [9.17, 15) is 9.18 Å². The number of nitrogens with zero attached hydrogens (tertiary/aromatic N) is 1. The van der Waals surface area contributed by atoms with Crippen LogP contribution in [0.2, 0.25) is 0 Å². The number of rotatable bonds is 5. The molecule has 122 valence electrons. The van der Waals surface area contributed by atoms with E-state index < -0.39 is 0 Å². The minimum atomic E-state index is -0.313. The SMILES string of the molecule is NCC1CCCN1C(=O)CCc1ccc(-c2ccccc2F)o1. The van der Waals surface area contributed by atoms with Crippen LogP contribution >= 0.6 is 0 Å². The summed E-state index contributed by atoms with van der Waals surface area (Å²) in [6, 6.07) is 10.2. The van der Waals surface area contributed by atoms with E-state index in [1.165, 1.54) is 6.07 Å². The highest BCUT2D eigenvalue weighted by atomic mass is 19.1. The average Bonchev–Trinajstić information content (AvgIpc) is 3.22. The summed E-state index contributed by atoms with van der Waals surface area (Å²) in [7, 11) is 0. The first-order chi connectivity index (χ1) is 11.2. The molecule has 1 fully saturated rings. The molecule has 1 atom stereocenters. The molecule has 1 saturated heterocycles. The van der Waals surface area contributed by atoms with Gasteiger partial charge in [-0.25, -0.2) is 4.39 Å². The Morgan fingerprint density at radius 3 is 2.91 bits per heavy atom. The predicted molar refractivity (Wildman–Crippen MR) is 86.2 cm³/mol. The lowest BCUT2D eigenvalue weighted by Gasteiger charge is -2.23. The van der Waals surface area contributed by atoms with Gasteiger partial charge >= 0.3 is 0 Å². The van der Waals surface area contributed by atoms with Crippen molar-refractivity contribution in [1.29, 1.82) is 0 Å². The molecule has 1 aromatic heterocycles. The van der Waals surface area contributed by atoms with Crippen LogP contribution in [0.1, 0.15) is 25.0 Å². The van der Waals surface area contributed by atoms with Gasteiger partial charge in [0.1, 0.15) is 17.3 Å². The summed E-state index contributed by atoms with van der Waals surface area (Å²) < 4.78 is 19.4. The van der Waals surface area contributed by atoms with Crippen LogP contribution in [0.25, 0.3) is 11.3 Å². The molecule has 1 unspecified atom stereocenters. The first kappa shape index (κ1) is 15.7. The number of furan rings is 1. The van der Waals surface area contributed by atoms with Crippen molar-refractivity contribution in [3.05, 3.63) is 48.0 Å². The monoisotopic (exact) mass is 316 g/mol. The van der Waals surface area contributed by atoms with E-state index in [1.54, 1.807) is 30.3 Å². The van der Waals surface area contributed by atoms with Gasteiger partial charge in [-0.3, -0.25) is 4.79 Å². The van der Waals surface area contributed by atoms with Crippen LogP contribution in [0.4, 0.5) is 4.39 Å². The number of hydrogen-bond acceptors (Lipinski definition) is 3. The number of likely N-dealkylation sites (tertiary alicyclic amines) is 1. The van der Waals surface area contributed by atoms with E-state index in [4.69, 9.17) is 10.2 Å². The summed E-state index contributed by atoms with van der Waals surface area (Å²) in [6.45, 7) is 1.31. The summed E-state index contributed by atoms with van der Waals surface area (Å²) >= 11 is 0. The van der Waals surface area contributed by atoms with Gasteiger partial charge in [-0.1, -0.05) is 12.1 Å². The van der Waals surface area contributed by atoms with Crippen molar-refractivity contribution >= 4 is 5.91 Å². The third-order valence-electron chi connectivity index (χ3n) is 4.36. The number of amides is 1. The largest absolute Gasteiger partial charge is 0.461 e. The Labute approximate surface area is 135 Å². The molecule has 5 heteroatoms. The normalized spacial score (nSPS) is 17.7. The molecule has 0 saturated carbocycles. The lowest BCUT2D eigenvalue weighted by molar-refractivity contribution is -0.131. The minimum Gasteiger partial charge on any atom is -0.461 e. The van der Waals surface area contributed by atoms with Gasteiger partial charge in [0.2, 0.25) is 5.91 Å². The number of nitrogens with two attached hydrogens (primary N) is 1. The van der Waals surface area contributed by atoms with Crippen molar-refractivity contribution in [2.24, 2.45) is 5.73 Å². The van der Waals surface area contributed by atoms with Gasteiger partial charge in [-0.2, -0.15) is 0 Å². The smallest absolute Gasteiger partial charge is 0.223 e. The predicted octanol–water partition coefficient (Wildman–Crippen LogP) is 2.97. The van der Waals surface area contributed by atoms with E-state index in [0.717, 1.165) is 19.4 Å². The van der Waals surface area contributed by atoms with Crippen LogP contribution in [-0.2, 0) is 11.2 Å². The van der Waals surface area contributed by atoms with Gasteiger partial charge in [0.15, 0.2) is 0 Å². The molecule has 23 heavy (non-hydrogen) atoms. The van der Waals surface area contributed by atoms with Crippen LogP contribution in [0.5, 0.6) is 0 Å².